The topological polar surface area (TPSA) is 79.3 Å². The van der Waals surface area contributed by atoms with Crippen LogP contribution in [0.1, 0.15) is 16.1 Å². The first-order valence-electron chi connectivity index (χ1n) is 5.28. The van der Waals surface area contributed by atoms with Crippen LogP contribution < -0.4 is 5.32 Å². The molecular weight excluding hydrogens is 288 g/mol. The Hall–Kier alpha value is -1.92. The fourth-order valence-corrected chi connectivity index (χ4v) is 2.34. The molecule has 1 heterocycles. The minimum absolute atomic E-state index is 0.168. The Bertz CT molecular complexity index is 627. The zero-order valence-corrected chi connectivity index (χ0v) is 11.2. The van der Waals surface area contributed by atoms with Crippen LogP contribution >= 0.6 is 22.9 Å². The lowest BCUT2D eigenvalue weighted by atomic mass is 10.2. The molecule has 0 aliphatic carbocycles. The number of rotatable bonds is 4. The van der Waals surface area contributed by atoms with Gasteiger partial charge in [-0.05, 0) is 12.1 Å². The van der Waals surface area contributed by atoms with Gasteiger partial charge in [0.05, 0.1) is 22.7 Å². The van der Waals surface area contributed by atoms with E-state index >= 15 is 0 Å². The van der Waals surface area contributed by atoms with Crippen LogP contribution in [-0.2, 0) is 11.2 Å². The highest BCUT2D eigenvalue weighted by Gasteiger charge is 2.12. The van der Waals surface area contributed by atoms with Crippen LogP contribution in [0.3, 0.4) is 0 Å². The van der Waals surface area contributed by atoms with Crippen molar-refractivity contribution >= 4 is 39.9 Å². The van der Waals surface area contributed by atoms with E-state index in [-0.39, 0.29) is 12.3 Å². The lowest BCUT2D eigenvalue weighted by Crippen LogP contribution is -2.12. The second kappa shape index (κ2) is 5.81. The molecule has 5 nitrogen and oxygen atoms in total. The Labute approximate surface area is 117 Å². The number of carbonyl (C=O) groups is 2. The third-order valence-electron chi connectivity index (χ3n) is 2.22. The van der Waals surface area contributed by atoms with E-state index in [1.807, 2.05) is 0 Å². The number of amides is 1. The van der Waals surface area contributed by atoms with E-state index in [2.05, 4.69) is 10.3 Å². The van der Waals surface area contributed by atoms with Gasteiger partial charge in [-0.15, -0.1) is 11.3 Å². The molecule has 0 aliphatic heterocycles. The summed E-state index contributed by atoms with van der Waals surface area (Å²) in [4.78, 5) is 26.5. The average Bonchev–Trinajstić information content (AvgIpc) is 2.76. The van der Waals surface area contributed by atoms with Crippen LogP contribution in [0.5, 0.6) is 0 Å². The number of anilines is 1. The van der Waals surface area contributed by atoms with Gasteiger partial charge >= 0.3 is 5.97 Å². The van der Waals surface area contributed by atoms with Crippen LogP contribution in [0.25, 0.3) is 0 Å². The quantitative estimate of drug-likeness (QED) is 0.909. The number of aromatic nitrogens is 1. The summed E-state index contributed by atoms with van der Waals surface area (Å²) in [5, 5.41) is 13.5. The van der Waals surface area contributed by atoms with Gasteiger partial charge in [0.1, 0.15) is 0 Å². The fourth-order valence-electron chi connectivity index (χ4n) is 1.41. The van der Waals surface area contributed by atoms with Crippen LogP contribution in [0.15, 0.2) is 29.6 Å². The van der Waals surface area contributed by atoms with E-state index in [9.17, 15) is 9.59 Å². The number of carbonyl (C=O) groups excluding carboxylic acids is 1. The Morgan fingerprint density at radius 1 is 1.37 bits per heavy atom. The van der Waals surface area contributed by atoms with Crippen molar-refractivity contribution in [2.24, 2.45) is 0 Å². The molecule has 98 valence electrons. The maximum absolute atomic E-state index is 11.9. The number of thiazole rings is 1. The minimum Gasteiger partial charge on any atom is -0.481 e. The summed E-state index contributed by atoms with van der Waals surface area (Å²) in [6.07, 6.45) is -0.168. The number of benzene rings is 1. The Morgan fingerprint density at radius 2 is 2.11 bits per heavy atom. The highest BCUT2D eigenvalue weighted by Crippen LogP contribution is 2.20. The predicted molar refractivity (Wildman–Crippen MR) is 72.9 cm³/mol. The Morgan fingerprint density at radius 3 is 2.79 bits per heavy atom. The largest absolute Gasteiger partial charge is 0.481 e. The van der Waals surface area contributed by atoms with Gasteiger partial charge < -0.3 is 5.11 Å². The second-order valence-corrected chi connectivity index (χ2v) is 4.91. The lowest BCUT2D eigenvalue weighted by molar-refractivity contribution is -0.136. The number of nitrogens with one attached hydrogen (secondary N) is 1. The van der Waals surface area contributed by atoms with Crippen molar-refractivity contribution in [1.82, 2.24) is 4.98 Å². The van der Waals surface area contributed by atoms with Gasteiger partial charge in [-0.1, -0.05) is 23.7 Å². The standard InChI is InChI=1S/C12H9ClN2O3S/c13-9-4-2-1-3-8(9)11(18)15-12-14-7(6-19-12)5-10(16)17/h1-4,6H,5H2,(H,16,17)(H,14,15,18). The number of hydrogen-bond acceptors (Lipinski definition) is 4. The molecule has 0 aliphatic rings. The van der Waals surface area contributed by atoms with E-state index in [4.69, 9.17) is 16.7 Å². The molecule has 2 N–H and O–H groups in total. The molecule has 0 saturated heterocycles. The molecule has 0 atom stereocenters. The van der Waals surface area contributed by atoms with Gasteiger partial charge in [-0.3, -0.25) is 14.9 Å². The number of carboxylic acid groups (broad SMARTS) is 1. The van der Waals surface area contributed by atoms with Crippen molar-refractivity contribution in [2.75, 3.05) is 5.32 Å². The van der Waals surface area contributed by atoms with Crippen molar-refractivity contribution < 1.29 is 14.7 Å². The van der Waals surface area contributed by atoms with Gasteiger partial charge in [0.2, 0.25) is 0 Å². The molecule has 1 aromatic carbocycles. The van der Waals surface area contributed by atoms with Crippen molar-refractivity contribution in [3.63, 3.8) is 0 Å². The Balaban J connectivity index is 2.09. The monoisotopic (exact) mass is 296 g/mol. The summed E-state index contributed by atoms with van der Waals surface area (Å²) < 4.78 is 0. The molecule has 7 heteroatoms. The summed E-state index contributed by atoms with van der Waals surface area (Å²) >= 11 is 7.07. The molecule has 0 fully saturated rings. The molecule has 2 rings (SSSR count). The van der Waals surface area contributed by atoms with E-state index in [1.54, 1.807) is 29.6 Å². The normalized spacial score (nSPS) is 10.2. The zero-order valence-electron chi connectivity index (χ0n) is 9.59. The highest BCUT2D eigenvalue weighted by molar-refractivity contribution is 7.14. The fraction of sp³-hybridized carbons (Fsp3) is 0.0833. The van der Waals surface area contributed by atoms with Crippen LogP contribution in [0.2, 0.25) is 5.02 Å². The van der Waals surface area contributed by atoms with Crippen molar-refractivity contribution in [3.05, 3.63) is 45.9 Å². The maximum Gasteiger partial charge on any atom is 0.309 e. The number of hydrogen-bond donors (Lipinski definition) is 2. The first-order chi connectivity index (χ1) is 9.06. The third kappa shape index (κ3) is 3.52. The van der Waals surface area contributed by atoms with Gasteiger partial charge in [0.15, 0.2) is 5.13 Å². The third-order valence-corrected chi connectivity index (χ3v) is 3.36. The first-order valence-corrected chi connectivity index (χ1v) is 6.54. The van der Waals surface area contributed by atoms with Gasteiger partial charge in [-0.25, -0.2) is 4.98 Å². The minimum atomic E-state index is -0.964. The van der Waals surface area contributed by atoms with E-state index in [1.165, 1.54) is 11.3 Å². The van der Waals surface area contributed by atoms with E-state index in [0.29, 0.717) is 21.4 Å². The molecule has 1 amide bonds. The van der Waals surface area contributed by atoms with Crippen LogP contribution in [-0.4, -0.2) is 22.0 Å². The van der Waals surface area contributed by atoms with Crippen LogP contribution in [0, 0.1) is 0 Å². The maximum atomic E-state index is 11.9. The second-order valence-electron chi connectivity index (χ2n) is 3.65. The van der Waals surface area contributed by atoms with Gasteiger partial charge in [0.25, 0.3) is 5.91 Å². The Kier molecular flexibility index (Phi) is 4.13. The number of nitrogens with zero attached hydrogens (tertiary/aromatic N) is 1. The first kappa shape index (κ1) is 13.5. The van der Waals surface area contributed by atoms with Gasteiger partial charge in [-0.2, -0.15) is 0 Å². The summed E-state index contributed by atoms with van der Waals surface area (Å²) in [5.41, 5.74) is 0.756. The SMILES string of the molecule is O=C(O)Cc1csc(NC(=O)c2ccccc2Cl)n1. The number of aliphatic carboxylic acids is 1. The van der Waals surface area contributed by atoms with E-state index in [0.717, 1.165) is 0 Å². The highest BCUT2D eigenvalue weighted by atomic mass is 35.5. The summed E-state index contributed by atoms with van der Waals surface area (Å²) in [6, 6.07) is 6.66. The summed E-state index contributed by atoms with van der Waals surface area (Å²) in [7, 11) is 0. The smallest absolute Gasteiger partial charge is 0.309 e. The molecule has 0 saturated carbocycles. The van der Waals surface area contributed by atoms with Gasteiger partial charge in [0, 0.05) is 5.38 Å². The van der Waals surface area contributed by atoms with E-state index < -0.39 is 5.97 Å². The van der Waals surface area contributed by atoms with Crippen molar-refractivity contribution in [1.29, 1.82) is 0 Å². The predicted octanol–water partition coefficient (Wildman–Crippen LogP) is 2.68. The molecule has 0 unspecified atom stereocenters. The summed E-state index contributed by atoms with van der Waals surface area (Å²) in [5.74, 6) is -1.34. The number of carboxylic acids is 1. The molecular formula is C12H9ClN2O3S. The summed E-state index contributed by atoms with van der Waals surface area (Å²) in [6.45, 7) is 0. The molecule has 0 radical (unpaired) electrons. The molecule has 1 aromatic heterocycles. The molecule has 0 spiro atoms. The number of halogens is 1. The van der Waals surface area contributed by atoms with Crippen molar-refractivity contribution in [2.45, 2.75) is 6.42 Å². The molecule has 2 aromatic rings. The average molecular weight is 297 g/mol. The van der Waals surface area contributed by atoms with Crippen molar-refractivity contribution in [3.8, 4) is 0 Å². The lowest BCUT2D eigenvalue weighted by Gasteiger charge is -2.03. The zero-order chi connectivity index (χ0) is 13.8. The molecule has 0 bridgehead atoms. The van der Waals surface area contributed by atoms with Crippen LogP contribution in [0.4, 0.5) is 5.13 Å². The molecule has 19 heavy (non-hydrogen) atoms.